The van der Waals surface area contributed by atoms with Crippen molar-refractivity contribution in [3.05, 3.63) is 29.8 Å². The van der Waals surface area contributed by atoms with Gasteiger partial charge in [0.2, 0.25) is 15.4 Å². The van der Waals surface area contributed by atoms with Crippen LogP contribution in [0.2, 0.25) is 0 Å². The highest BCUT2D eigenvalue weighted by Gasteiger charge is 2.26. The number of sulfonamides is 1. The molecule has 1 amide bonds. The van der Waals surface area contributed by atoms with E-state index < -0.39 is 15.4 Å². The highest BCUT2D eigenvalue weighted by atomic mass is 32.2. The van der Waals surface area contributed by atoms with Crippen molar-refractivity contribution in [3.8, 4) is 0 Å². The van der Waals surface area contributed by atoms with Gasteiger partial charge in [0.05, 0.1) is 0 Å². The molecular formula is C19H27N5O3S2. The molecule has 0 spiro atoms. The Hall–Kier alpha value is -2.04. The SMILES string of the molecule is C[C@@H]1Cc2ccccc2N1CCCNS(=O)(=O)c1nnc(NC(=O)C(C)(C)C)s1. The van der Waals surface area contributed by atoms with Gasteiger partial charge in [-0.05, 0) is 31.4 Å². The molecule has 3 rings (SSSR count). The molecule has 1 aromatic heterocycles. The van der Waals surface area contributed by atoms with E-state index in [-0.39, 0.29) is 15.4 Å². The Kier molecular flexibility index (Phi) is 6.25. The minimum atomic E-state index is -3.76. The molecule has 0 radical (unpaired) electrons. The molecule has 0 fully saturated rings. The Balaban J connectivity index is 1.53. The van der Waals surface area contributed by atoms with Gasteiger partial charge >= 0.3 is 0 Å². The summed E-state index contributed by atoms with van der Waals surface area (Å²) < 4.78 is 27.3. The Morgan fingerprint density at radius 2 is 2.00 bits per heavy atom. The van der Waals surface area contributed by atoms with Crippen LogP contribution in [0.5, 0.6) is 0 Å². The second-order valence-corrected chi connectivity index (χ2v) is 11.1. The molecule has 2 N–H and O–H groups in total. The van der Waals surface area contributed by atoms with Crippen LogP contribution in [0, 0.1) is 5.41 Å². The molecule has 1 aliphatic heterocycles. The van der Waals surface area contributed by atoms with Crippen molar-refractivity contribution in [1.82, 2.24) is 14.9 Å². The van der Waals surface area contributed by atoms with Crippen LogP contribution in [-0.4, -0.2) is 43.7 Å². The summed E-state index contributed by atoms with van der Waals surface area (Å²) in [5.41, 5.74) is 1.96. The number of anilines is 2. The fraction of sp³-hybridized carbons (Fsp3) is 0.526. The molecule has 158 valence electrons. The molecule has 0 saturated carbocycles. The lowest BCUT2D eigenvalue weighted by Crippen LogP contribution is -2.33. The molecule has 8 nitrogen and oxygen atoms in total. The van der Waals surface area contributed by atoms with Crippen LogP contribution in [0.1, 0.15) is 39.7 Å². The van der Waals surface area contributed by atoms with Gasteiger partial charge in [0.25, 0.3) is 10.0 Å². The zero-order chi connectivity index (χ0) is 21.2. The third-order valence-corrected chi connectivity index (χ3v) is 7.42. The third kappa shape index (κ3) is 5.12. The number of nitrogens with one attached hydrogen (secondary N) is 2. The van der Waals surface area contributed by atoms with Gasteiger partial charge in [-0.2, -0.15) is 0 Å². The number of carbonyl (C=O) groups is 1. The van der Waals surface area contributed by atoms with E-state index in [2.05, 4.69) is 44.2 Å². The molecule has 0 unspecified atom stereocenters. The van der Waals surface area contributed by atoms with Crippen LogP contribution >= 0.6 is 11.3 Å². The largest absolute Gasteiger partial charge is 0.368 e. The molecule has 2 heterocycles. The highest BCUT2D eigenvalue weighted by molar-refractivity contribution is 7.91. The molecule has 2 aromatic rings. The first-order valence-electron chi connectivity index (χ1n) is 9.57. The molecular weight excluding hydrogens is 410 g/mol. The molecule has 0 bridgehead atoms. The highest BCUT2D eigenvalue weighted by Crippen LogP contribution is 2.31. The fourth-order valence-corrected chi connectivity index (χ4v) is 5.15. The quantitative estimate of drug-likeness (QED) is 0.510. The lowest BCUT2D eigenvalue weighted by atomic mass is 9.96. The van der Waals surface area contributed by atoms with Gasteiger partial charge in [-0.1, -0.05) is 50.3 Å². The summed E-state index contributed by atoms with van der Waals surface area (Å²) in [5.74, 6) is -0.245. The molecule has 1 aromatic carbocycles. The number of hydrogen-bond acceptors (Lipinski definition) is 7. The Bertz CT molecular complexity index is 982. The maximum Gasteiger partial charge on any atom is 0.269 e. The van der Waals surface area contributed by atoms with Crippen molar-refractivity contribution in [1.29, 1.82) is 0 Å². The van der Waals surface area contributed by atoms with Gasteiger partial charge in [0.1, 0.15) is 0 Å². The number of fused-ring (bicyclic) bond motifs is 1. The number of para-hydroxylation sites is 1. The van der Waals surface area contributed by atoms with Crippen LogP contribution in [0.3, 0.4) is 0 Å². The van der Waals surface area contributed by atoms with E-state index in [1.165, 1.54) is 11.3 Å². The average molecular weight is 438 g/mol. The van der Waals surface area contributed by atoms with Gasteiger partial charge in [0, 0.05) is 30.2 Å². The van der Waals surface area contributed by atoms with Crippen molar-refractivity contribution in [3.63, 3.8) is 0 Å². The molecule has 1 aliphatic rings. The monoisotopic (exact) mass is 437 g/mol. The number of amides is 1. The minimum Gasteiger partial charge on any atom is -0.368 e. The Labute approximate surface area is 175 Å². The molecule has 0 aliphatic carbocycles. The summed E-state index contributed by atoms with van der Waals surface area (Å²) in [5, 5.41) is 10.3. The number of nitrogens with zero attached hydrogens (tertiary/aromatic N) is 3. The third-order valence-electron chi connectivity index (χ3n) is 4.75. The Morgan fingerprint density at radius 1 is 1.28 bits per heavy atom. The summed E-state index contributed by atoms with van der Waals surface area (Å²) in [6, 6.07) is 8.72. The fourth-order valence-electron chi connectivity index (χ4n) is 3.14. The zero-order valence-corrected chi connectivity index (χ0v) is 18.7. The van der Waals surface area contributed by atoms with Crippen molar-refractivity contribution in [2.45, 2.75) is 50.9 Å². The van der Waals surface area contributed by atoms with Gasteiger partial charge in [-0.15, -0.1) is 10.2 Å². The van der Waals surface area contributed by atoms with Crippen molar-refractivity contribution in [2.24, 2.45) is 5.41 Å². The van der Waals surface area contributed by atoms with E-state index in [4.69, 9.17) is 0 Å². The zero-order valence-electron chi connectivity index (χ0n) is 17.1. The lowest BCUT2D eigenvalue weighted by Gasteiger charge is -2.24. The van der Waals surface area contributed by atoms with E-state index >= 15 is 0 Å². The van der Waals surface area contributed by atoms with Crippen LogP contribution < -0.4 is 14.9 Å². The summed E-state index contributed by atoms with van der Waals surface area (Å²) >= 11 is 0.844. The van der Waals surface area contributed by atoms with E-state index in [0.717, 1.165) is 24.3 Å². The number of benzene rings is 1. The first kappa shape index (κ1) is 21.7. The molecule has 29 heavy (non-hydrogen) atoms. The molecule has 10 heteroatoms. The summed E-state index contributed by atoms with van der Waals surface area (Å²) in [7, 11) is -3.76. The summed E-state index contributed by atoms with van der Waals surface area (Å²) in [4.78, 5) is 14.3. The smallest absolute Gasteiger partial charge is 0.269 e. The minimum absolute atomic E-state index is 0.151. The predicted molar refractivity (Wildman–Crippen MR) is 115 cm³/mol. The van der Waals surface area contributed by atoms with E-state index in [0.29, 0.717) is 19.0 Å². The molecule has 0 saturated heterocycles. The topological polar surface area (TPSA) is 104 Å². The van der Waals surface area contributed by atoms with Gasteiger partial charge in [-0.25, -0.2) is 13.1 Å². The second kappa shape index (κ2) is 8.37. The second-order valence-electron chi connectivity index (χ2n) is 8.20. The number of carbonyl (C=O) groups excluding carboxylic acids is 1. The maximum absolute atomic E-state index is 12.5. The summed E-state index contributed by atoms with van der Waals surface area (Å²) in [6.07, 6.45) is 1.68. The number of rotatable bonds is 7. The van der Waals surface area contributed by atoms with Crippen molar-refractivity contribution >= 4 is 38.1 Å². The first-order valence-corrected chi connectivity index (χ1v) is 11.9. The van der Waals surface area contributed by atoms with E-state index in [1.54, 1.807) is 20.8 Å². The van der Waals surface area contributed by atoms with Gasteiger partial charge < -0.3 is 10.2 Å². The predicted octanol–water partition coefficient (Wildman–Crippen LogP) is 2.64. The Morgan fingerprint density at radius 3 is 2.72 bits per heavy atom. The maximum atomic E-state index is 12.5. The number of hydrogen-bond donors (Lipinski definition) is 2. The van der Waals surface area contributed by atoms with E-state index in [9.17, 15) is 13.2 Å². The van der Waals surface area contributed by atoms with Gasteiger partial charge in [-0.3, -0.25) is 4.79 Å². The van der Waals surface area contributed by atoms with Crippen LogP contribution in [0.15, 0.2) is 28.6 Å². The summed E-state index contributed by atoms with van der Waals surface area (Å²) in [6.45, 7) is 8.55. The average Bonchev–Trinajstić information content (AvgIpc) is 3.22. The van der Waals surface area contributed by atoms with Crippen LogP contribution in [-0.2, 0) is 21.2 Å². The van der Waals surface area contributed by atoms with Crippen LogP contribution in [0.4, 0.5) is 10.8 Å². The first-order chi connectivity index (χ1) is 13.6. The lowest BCUT2D eigenvalue weighted by molar-refractivity contribution is -0.123. The van der Waals surface area contributed by atoms with E-state index in [1.807, 2.05) is 12.1 Å². The van der Waals surface area contributed by atoms with Crippen molar-refractivity contribution in [2.75, 3.05) is 23.3 Å². The normalized spacial score (nSPS) is 16.7. The number of aromatic nitrogens is 2. The van der Waals surface area contributed by atoms with Crippen molar-refractivity contribution < 1.29 is 13.2 Å². The van der Waals surface area contributed by atoms with Gasteiger partial charge in [0.15, 0.2) is 0 Å². The molecule has 1 atom stereocenters. The van der Waals surface area contributed by atoms with Crippen LogP contribution in [0.25, 0.3) is 0 Å². The standard InChI is InChI=1S/C19H27N5O3S2/c1-13-12-14-8-5-6-9-15(14)24(13)11-7-10-20-29(26,27)18-23-22-17(28-18)21-16(25)19(2,3)4/h5-6,8-9,13,20H,7,10-12H2,1-4H3,(H,21,22,25)/t13-/m1/s1.